The molecule has 0 heterocycles. The highest BCUT2D eigenvalue weighted by molar-refractivity contribution is 7.92. The second-order valence-electron chi connectivity index (χ2n) is 5.91. The molecule has 6 nitrogen and oxygen atoms in total. The highest BCUT2D eigenvalue weighted by Crippen LogP contribution is 2.24. The quantitative estimate of drug-likeness (QED) is 0.633. The summed E-state index contributed by atoms with van der Waals surface area (Å²) in [5.41, 5.74) is 0.929. The van der Waals surface area contributed by atoms with Crippen LogP contribution in [-0.2, 0) is 10.0 Å². The standard InChI is InChI=1S/C20H16F2N2O4S/c1-28-19-5-3-2-4-18(19)23-20(25)13-6-8-14(9-7-13)24-29(26,27)15-10-11-16(21)17(22)12-15/h2-12,24H,1H3,(H,23,25). The van der Waals surface area contributed by atoms with Crippen LogP contribution >= 0.6 is 0 Å². The Balaban J connectivity index is 1.74. The first-order valence-corrected chi connectivity index (χ1v) is 9.81. The van der Waals surface area contributed by atoms with Crippen molar-refractivity contribution in [2.45, 2.75) is 4.90 Å². The van der Waals surface area contributed by atoms with Gasteiger partial charge in [-0.15, -0.1) is 0 Å². The molecule has 0 unspecified atom stereocenters. The molecule has 0 fully saturated rings. The van der Waals surface area contributed by atoms with Crippen molar-refractivity contribution < 1.29 is 26.7 Å². The van der Waals surface area contributed by atoms with Gasteiger partial charge in [-0.3, -0.25) is 9.52 Å². The van der Waals surface area contributed by atoms with Crippen LogP contribution in [0.15, 0.2) is 71.6 Å². The van der Waals surface area contributed by atoms with Crippen LogP contribution in [0.25, 0.3) is 0 Å². The lowest BCUT2D eigenvalue weighted by atomic mass is 10.2. The first kappa shape index (κ1) is 20.3. The van der Waals surface area contributed by atoms with E-state index in [2.05, 4.69) is 10.0 Å². The van der Waals surface area contributed by atoms with Crippen LogP contribution in [-0.4, -0.2) is 21.4 Å². The second-order valence-corrected chi connectivity index (χ2v) is 7.60. The topological polar surface area (TPSA) is 84.5 Å². The molecular weight excluding hydrogens is 402 g/mol. The van der Waals surface area contributed by atoms with Gasteiger partial charge in [0, 0.05) is 11.3 Å². The van der Waals surface area contributed by atoms with E-state index in [1.54, 1.807) is 24.3 Å². The molecule has 0 radical (unpaired) electrons. The predicted octanol–water partition coefficient (Wildman–Crippen LogP) is 4.03. The summed E-state index contributed by atoms with van der Waals surface area (Å²) in [7, 11) is -2.63. The Morgan fingerprint density at radius 2 is 1.62 bits per heavy atom. The number of ether oxygens (including phenoxy) is 1. The van der Waals surface area contributed by atoms with Gasteiger partial charge in [0.2, 0.25) is 0 Å². The van der Waals surface area contributed by atoms with Gasteiger partial charge in [0.25, 0.3) is 15.9 Å². The summed E-state index contributed by atoms with van der Waals surface area (Å²) in [6.45, 7) is 0. The zero-order valence-electron chi connectivity index (χ0n) is 15.1. The maximum atomic E-state index is 13.3. The van der Waals surface area contributed by atoms with Crippen LogP contribution in [0, 0.1) is 11.6 Å². The number of para-hydroxylation sites is 2. The Morgan fingerprint density at radius 3 is 2.28 bits per heavy atom. The molecule has 0 aliphatic carbocycles. The van der Waals surface area contributed by atoms with Crippen molar-refractivity contribution in [2.24, 2.45) is 0 Å². The van der Waals surface area contributed by atoms with Crippen molar-refractivity contribution in [3.05, 3.63) is 83.9 Å². The summed E-state index contributed by atoms with van der Waals surface area (Å²) in [5, 5.41) is 2.70. The molecule has 3 rings (SSSR count). The molecular formula is C20H16F2N2O4S. The minimum absolute atomic E-state index is 0.156. The van der Waals surface area contributed by atoms with Crippen molar-refractivity contribution in [3.63, 3.8) is 0 Å². The highest BCUT2D eigenvalue weighted by atomic mass is 32.2. The number of hydrogen-bond donors (Lipinski definition) is 2. The van der Waals surface area contributed by atoms with Gasteiger partial charge in [-0.25, -0.2) is 17.2 Å². The SMILES string of the molecule is COc1ccccc1NC(=O)c1ccc(NS(=O)(=O)c2ccc(F)c(F)c2)cc1. The normalized spacial score (nSPS) is 11.0. The van der Waals surface area contributed by atoms with Crippen molar-refractivity contribution in [3.8, 4) is 5.75 Å². The first-order chi connectivity index (χ1) is 13.8. The lowest BCUT2D eigenvalue weighted by molar-refractivity contribution is 0.102. The van der Waals surface area contributed by atoms with E-state index in [-0.39, 0.29) is 11.3 Å². The molecule has 0 spiro atoms. The third-order valence-electron chi connectivity index (χ3n) is 3.96. The molecule has 0 saturated carbocycles. The van der Waals surface area contributed by atoms with Gasteiger partial charge in [-0.2, -0.15) is 0 Å². The smallest absolute Gasteiger partial charge is 0.261 e. The Bertz CT molecular complexity index is 1150. The number of amides is 1. The summed E-state index contributed by atoms with van der Waals surface area (Å²) in [6, 6.07) is 14.8. The van der Waals surface area contributed by atoms with Crippen LogP contribution in [0.4, 0.5) is 20.2 Å². The van der Waals surface area contributed by atoms with E-state index in [1.165, 1.54) is 31.4 Å². The predicted molar refractivity (Wildman–Crippen MR) is 105 cm³/mol. The Hall–Kier alpha value is -3.46. The summed E-state index contributed by atoms with van der Waals surface area (Å²) in [5.74, 6) is -2.33. The third kappa shape index (κ3) is 4.69. The number of carbonyl (C=O) groups is 1. The zero-order chi connectivity index (χ0) is 21.0. The molecule has 3 aromatic carbocycles. The van der Waals surface area contributed by atoms with Crippen LogP contribution in [0.2, 0.25) is 0 Å². The summed E-state index contributed by atoms with van der Waals surface area (Å²) in [6.07, 6.45) is 0. The molecule has 0 aromatic heterocycles. The average molecular weight is 418 g/mol. The van der Waals surface area contributed by atoms with Gasteiger partial charge in [-0.05, 0) is 54.6 Å². The Kier molecular flexibility index (Phi) is 5.79. The molecule has 29 heavy (non-hydrogen) atoms. The number of halogens is 2. The van der Waals surface area contributed by atoms with Crippen molar-refractivity contribution >= 4 is 27.3 Å². The number of nitrogens with one attached hydrogen (secondary N) is 2. The van der Waals surface area contributed by atoms with E-state index in [0.29, 0.717) is 17.5 Å². The van der Waals surface area contributed by atoms with Gasteiger partial charge in [0.05, 0.1) is 17.7 Å². The largest absolute Gasteiger partial charge is 0.495 e. The number of sulfonamides is 1. The van der Waals surface area contributed by atoms with Crippen molar-refractivity contribution in [2.75, 3.05) is 17.1 Å². The first-order valence-electron chi connectivity index (χ1n) is 8.32. The fourth-order valence-corrected chi connectivity index (χ4v) is 3.56. The second kappa shape index (κ2) is 8.27. The van der Waals surface area contributed by atoms with Crippen LogP contribution in [0.1, 0.15) is 10.4 Å². The lowest BCUT2D eigenvalue weighted by Crippen LogP contribution is -2.15. The molecule has 0 bridgehead atoms. The number of carbonyl (C=O) groups excluding carboxylic acids is 1. The minimum atomic E-state index is -4.12. The van der Waals surface area contributed by atoms with E-state index in [1.807, 2.05) is 0 Å². The monoisotopic (exact) mass is 418 g/mol. The van der Waals surface area contributed by atoms with Gasteiger partial charge in [-0.1, -0.05) is 12.1 Å². The van der Waals surface area contributed by atoms with Gasteiger partial charge in [0.15, 0.2) is 11.6 Å². The molecule has 150 valence electrons. The summed E-state index contributed by atoms with van der Waals surface area (Å²) < 4.78 is 58.3. The Morgan fingerprint density at radius 1 is 0.931 bits per heavy atom. The van der Waals surface area contributed by atoms with Crippen LogP contribution < -0.4 is 14.8 Å². The molecule has 0 saturated heterocycles. The molecule has 0 atom stereocenters. The van der Waals surface area contributed by atoms with Crippen LogP contribution in [0.5, 0.6) is 5.75 Å². The van der Waals surface area contributed by atoms with Gasteiger partial charge >= 0.3 is 0 Å². The summed E-state index contributed by atoms with van der Waals surface area (Å²) in [4.78, 5) is 12.0. The minimum Gasteiger partial charge on any atom is -0.495 e. The molecule has 3 aromatic rings. The van der Waals surface area contributed by atoms with E-state index in [9.17, 15) is 22.0 Å². The van der Waals surface area contributed by atoms with Gasteiger partial charge in [0.1, 0.15) is 5.75 Å². The zero-order valence-corrected chi connectivity index (χ0v) is 16.0. The van der Waals surface area contributed by atoms with Crippen molar-refractivity contribution in [1.82, 2.24) is 0 Å². The fourth-order valence-electron chi connectivity index (χ4n) is 2.49. The fraction of sp³-hybridized carbons (Fsp3) is 0.0500. The van der Waals surface area contributed by atoms with E-state index < -0.39 is 32.5 Å². The molecule has 0 aliphatic rings. The van der Waals surface area contributed by atoms with Crippen LogP contribution in [0.3, 0.4) is 0 Å². The molecule has 1 amide bonds. The molecule has 2 N–H and O–H groups in total. The highest BCUT2D eigenvalue weighted by Gasteiger charge is 2.17. The number of rotatable bonds is 6. The average Bonchev–Trinajstić information content (AvgIpc) is 2.70. The number of anilines is 2. The summed E-state index contributed by atoms with van der Waals surface area (Å²) >= 11 is 0. The maximum Gasteiger partial charge on any atom is 0.261 e. The molecule has 0 aliphatic heterocycles. The van der Waals surface area contributed by atoms with Gasteiger partial charge < -0.3 is 10.1 Å². The van der Waals surface area contributed by atoms with E-state index >= 15 is 0 Å². The Labute approximate surface area is 166 Å². The molecule has 9 heteroatoms. The number of benzene rings is 3. The van der Waals surface area contributed by atoms with E-state index in [0.717, 1.165) is 12.1 Å². The number of methoxy groups -OCH3 is 1. The maximum absolute atomic E-state index is 13.3. The van der Waals surface area contributed by atoms with E-state index in [4.69, 9.17) is 4.74 Å². The third-order valence-corrected chi connectivity index (χ3v) is 5.33. The lowest BCUT2D eigenvalue weighted by Gasteiger charge is -2.11. The number of hydrogen-bond acceptors (Lipinski definition) is 4. The van der Waals surface area contributed by atoms with Crippen molar-refractivity contribution in [1.29, 1.82) is 0 Å².